The fourth-order valence-electron chi connectivity index (χ4n) is 4.56. The number of anilines is 1. The number of aryl methyl sites for hydroxylation is 1. The Kier molecular flexibility index (Phi) is 6.70. The van der Waals surface area contributed by atoms with Crippen LogP contribution in [-0.4, -0.2) is 34.5 Å². The Bertz CT molecular complexity index is 1620. The van der Waals surface area contributed by atoms with Gasteiger partial charge in [-0.2, -0.15) is 5.10 Å². The van der Waals surface area contributed by atoms with Crippen LogP contribution in [0.4, 0.5) is 10.2 Å². The zero-order valence-electron chi connectivity index (χ0n) is 21.5. The smallest absolute Gasteiger partial charge is 0.256 e. The Balaban J connectivity index is 1.57. The monoisotopic (exact) mass is 510 g/mol. The fraction of sp³-hybridized carbons (Fsp3) is 0.133. The molecule has 38 heavy (non-hydrogen) atoms. The third-order valence-electron chi connectivity index (χ3n) is 6.40. The summed E-state index contributed by atoms with van der Waals surface area (Å²) < 4.78 is 28.8. The van der Waals surface area contributed by atoms with Gasteiger partial charge in [0.1, 0.15) is 11.6 Å². The summed E-state index contributed by atoms with van der Waals surface area (Å²) in [7, 11) is 3.06. The summed E-state index contributed by atoms with van der Waals surface area (Å²) in [5.74, 6) is 0.843. The summed E-state index contributed by atoms with van der Waals surface area (Å²) >= 11 is 0. The number of nitrogens with one attached hydrogen (secondary N) is 1. The lowest BCUT2D eigenvalue weighted by Gasteiger charge is -2.11. The van der Waals surface area contributed by atoms with Gasteiger partial charge in [0.25, 0.3) is 5.91 Å². The van der Waals surface area contributed by atoms with E-state index in [1.807, 2.05) is 66.9 Å². The van der Waals surface area contributed by atoms with E-state index in [1.165, 1.54) is 13.2 Å². The Morgan fingerprint density at radius 2 is 1.58 bits per heavy atom. The molecule has 0 spiro atoms. The Hall–Kier alpha value is -4.85. The van der Waals surface area contributed by atoms with Crippen molar-refractivity contribution in [2.45, 2.75) is 13.8 Å². The van der Waals surface area contributed by atoms with Crippen molar-refractivity contribution in [1.29, 1.82) is 0 Å². The first-order valence-electron chi connectivity index (χ1n) is 12.0. The lowest BCUT2D eigenvalue weighted by atomic mass is 10.1. The number of carbonyl (C=O) groups excluding carboxylic acids is 1. The predicted molar refractivity (Wildman–Crippen MR) is 145 cm³/mol. The van der Waals surface area contributed by atoms with Gasteiger partial charge in [0, 0.05) is 28.6 Å². The summed E-state index contributed by atoms with van der Waals surface area (Å²) in [5.41, 5.74) is 4.84. The molecule has 0 aliphatic rings. The average molecular weight is 511 g/mol. The number of amides is 1. The zero-order chi connectivity index (χ0) is 26.8. The van der Waals surface area contributed by atoms with Crippen molar-refractivity contribution < 1.29 is 18.7 Å². The molecular formula is C30H27FN4O3. The molecule has 3 aromatic carbocycles. The normalized spacial score (nSPS) is 10.9. The molecule has 0 fully saturated rings. The molecule has 7 nitrogen and oxygen atoms in total. The molecule has 0 saturated heterocycles. The van der Waals surface area contributed by atoms with Crippen LogP contribution >= 0.6 is 0 Å². The van der Waals surface area contributed by atoms with Crippen molar-refractivity contribution in [3.63, 3.8) is 0 Å². The highest BCUT2D eigenvalue weighted by Crippen LogP contribution is 2.33. The highest BCUT2D eigenvalue weighted by atomic mass is 19.1. The van der Waals surface area contributed by atoms with E-state index in [0.717, 1.165) is 22.6 Å². The van der Waals surface area contributed by atoms with Crippen molar-refractivity contribution in [1.82, 2.24) is 14.3 Å². The van der Waals surface area contributed by atoms with E-state index < -0.39 is 0 Å². The molecule has 2 aromatic heterocycles. The van der Waals surface area contributed by atoms with Crippen LogP contribution in [0.1, 0.15) is 21.7 Å². The third-order valence-corrected chi connectivity index (χ3v) is 6.40. The van der Waals surface area contributed by atoms with Gasteiger partial charge in [0.05, 0.1) is 31.3 Å². The van der Waals surface area contributed by atoms with Gasteiger partial charge in [0.15, 0.2) is 11.5 Å². The Morgan fingerprint density at radius 3 is 2.29 bits per heavy atom. The van der Waals surface area contributed by atoms with Gasteiger partial charge < -0.3 is 19.4 Å². The van der Waals surface area contributed by atoms with Gasteiger partial charge in [-0.1, -0.05) is 30.3 Å². The SMILES string of the molecule is COc1ccc(C(=O)Nc2cc(-c3cc(C)n(-c4ccccc4F)c3C)nn2-c2ccccc2)cc1OC. The molecule has 192 valence electrons. The first kappa shape index (κ1) is 24.8. The molecule has 5 aromatic rings. The number of benzene rings is 3. The lowest BCUT2D eigenvalue weighted by molar-refractivity contribution is 0.102. The van der Waals surface area contributed by atoms with E-state index in [9.17, 15) is 9.18 Å². The van der Waals surface area contributed by atoms with Gasteiger partial charge in [-0.15, -0.1) is 0 Å². The van der Waals surface area contributed by atoms with Gasteiger partial charge in [-0.05, 0) is 62.4 Å². The summed E-state index contributed by atoms with van der Waals surface area (Å²) in [5, 5.41) is 7.82. The number of methoxy groups -OCH3 is 2. The predicted octanol–water partition coefficient (Wildman–Crippen LogP) is 6.36. The van der Waals surface area contributed by atoms with E-state index in [2.05, 4.69) is 5.32 Å². The summed E-state index contributed by atoms with van der Waals surface area (Å²) in [6, 6.07) is 25.0. The van der Waals surface area contributed by atoms with E-state index >= 15 is 0 Å². The number of para-hydroxylation sites is 2. The molecule has 0 unspecified atom stereocenters. The lowest BCUT2D eigenvalue weighted by Crippen LogP contribution is -2.15. The quantitative estimate of drug-likeness (QED) is 0.277. The number of nitrogens with zero attached hydrogens (tertiary/aromatic N) is 3. The molecule has 8 heteroatoms. The average Bonchev–Trinajstić information content (AvgIpc) is 3.48. The van der Waals surface area contributed by atoms with Gasteiger partial charge in [-0.25, -0.2) is 9.07 Å². The molecule has 5 rings (SSSR count). The maximum Gasteiger partial charge on any atom is 0.256 e. The second-order valence-electron chi connectivity index (χ2n) is 8.76. The molecule has 1 amide bonds. The Labute approximate surface area is 220 Å². The molecule has 0 saturated carbocycles. The maximum atomic E-state index is 14.6. The highest BCUT2D eigenvalue weighted by Gasteiger charge is 2.20. The highest BCUT2D eigenvalue weighted by molar-refractivity contribution is 6.04. The van der Waals surface area contributed by atoms with Crippen LogP contribution in [0.2, 0.25) is 0 Å². The third kappa shape index (κ3) is 4.52. The number of ether oxygens (including phenoxy) is 2. The second-order valence-corrected chi connectivity index (χ2v) is 8.76. The van der Waals surface area contributed by atoms with Crippen LogP contribution in [0.5, 0.6) is 11.5 Å². The minimum absolute atomic E-state index is 0.307. The minimum atomic E-state index is -0.327. The number of carbonyl (C=O) groups is 1. The molecule has 0 aliphatic heterocycles. The topological polar surface area (TPSA) is 70.3 Å². The fourth-order valence-corrected chi connectivity index (χ4v) is 4.56. The van der Waals surface area contributed by atoms with Crippen LogP contribution in [0.25, 0.3) is 22.6 Å². The van der Waals surface area contributed by atoms with Crippen LogP contribution in [-0.2, 0) is 0 Å². The second kappa shape index (κ2) is 10.3. The molecule has 1 N–H and O–H groups in total. The molecule has 0 atom stereocenters. The van der Waals surface area contributed by atoms with Crippen molar-refractivity contribution >= 4 is 11.7 Å². The maximum absolute atomic E-state index is 14.6. The van der Waals surface area contributed by atoms with Crippen LogP contribution in [0.15, 0.2) is 84.9 Å². The number of halogens is 1. The van der Waals surface area contributed by atoms with Crippen molar-refractivity contribution in [3.8, 4) is 34.1 Å². The van der Waals surface area contributed by atoms with Crippen molar-refractivity contribution in [3.05, 3.63) is 108 Å². The van der Waals surface area contributed by atoms with E-state index in [1.54, 1.807) is 42.1 Å². The van der Waals surface area contributed by atoms with E-state index in [-0.39, 0.29) is 11.7 Å². The van der Waals surface area contributed by atoms with Crippen molar-refractivity contribution in [2.75, 3.05) is 19.5 Å². The van der Waals surface area contributed by atoms with Crippen LogP contribution in [0, 0.1) is 19.7 Å². The molecule has 0 aliphatic carbocycles. The van der Waals surface area contributed by atoms with Gasteiger partial charge >= 0.3 is 0 Å². The first-order chi connectivity index (χ1) is 18.4. The molecule has 0 bridgehead atoms. The Morgan fingerprint density at radius 1 is 0.868 bits per heavy atom. The molecule has 2 heterocycles. The van der Waals surface area contributed by atoms with E-state index in [4.69, 9.17) is 14.6 Å². The van der Waals surface area contributed by atoms with Crippen LogP contribution in [0.3, 0.4) is 0 Å². The molecular weight excluding hydrogens is 483 g/mol. The largest absolute Gasteiger partial charge is 0.493 e. The standard InChI is InChI=1S/C30H27FN4O3/c1-19-16-23(20(2)34(19)26-13-9-8-12-24(26)31)25-18-29(35(33-25)22-10-6-5-7-11-22)32-30(36)21-14-15-27(37-3)28(17-21)38-4/h5-18H,1-4H3,(H,32,36). The number of hydrogen-bond acceptors (Lipinski definition) is 4. The van der Waals surface area contributed by atoms with E-state index in [0.29, 0.717) is 34.3 Å². The minimum Gasteiger partial charge on any atom is -0.493 e. The zero-order valence-corrected chi connectivity index (χ0v) is 21.5. The van der Waals surface area contributed by atoms with Crippen LogP contribution < -0.4 is 14.8 Å². The number of rotatable bonds is 7. The molecule has 0 radical (unpaired) electrons. The number of hydrogen-bond donors (Lipinski definition) is 1. The van der Waals surface area contributed by atoms with Gasteiger partial charge in [0.2, 0.25) is 0 Å². The van der Waals surface area contributed by atoms with Crippen molar-refractivity contribution in [2.24, 2.45) is 0 Å². The summed E-state index contributed by atoms with van der Waals surface area (Å²) in [4.78, 5) is 13.3. The number of aromatic nitrogens is 3. The first-order valence-corrected chi connectivity index (χ1v) is 12.0. The van der Waals surface area contributed by atoms with Gasteiger partial charge in [-0.3, -0.25) is 4.79 Å². The summed E-state index contributed by atoms with van der Waals surface area (Å²) in [6.07, 6.45) is 0. The summed E-state index contributed by atoms with van der Waals surface area (Å²) in [6.45, 7) is 3.86.